The summed E-state index contributed by atoms with van der Waals surface area (Å²) in [6, 6.07) is 2.07. The lowest BCUT2D eigenvalue weighted by molar-refractivity contribution is 0.755. The summed E-state index contributed by atoms with van der Waals surface area (Å²) in [5, 5.41) is 4.34. The lowest BCUT2D eigenvalue weighted by atomic mass is 10.4. The topological polar surface area (TPSA) is 21.1 Å². The first-order valence-corrected chi connectivity index (χ1v) is 5.11. The molecule has 3 nitrogen and oxygen atoms in total. The molecule has 0 atom stereocenters. The van der Waals surface area contributed by atoms with Gasteiger partial charge in [0.2, 0.25) is 0 Å². The molecular formula is C10H19N3. The molecule has 74 valence electrons. The fourth-order valence-electron chi connectivity index (χ4n) is 1.52. The average Bonchev–Trinajstić information content (AvgIpc) is 2.77. The van der Waals surface area contributed by atoms with Gasteiger partial charge in [0.15, 0.2) is 5.82 Å². The highest BCUT2D eigenvalue weighted by Crippen LogP contribution is 2.16. The Morgan fingerprint density at radius 2 is 1.85 bits per heavy atom. The van der Waals surface area contributed by atoms with Crippen LogP contribution in [0.5, 0.6) is 0 Å². The molecule has 1 saturated heterocycles. The summed E-state index contributed by atoms with van der Waals surface area (Å²) in [6.45, 7) is 6.36. The molecule has 0 radical (unpaired) electrons. The Hall–Kier alpha value is -0.990. The average molecular weight is 181 g/mol. The number of rotatable bonds is 1. The van der Waals surface area contributed by atoms with E-state index in [1.165, 1.54) is 25.9 Å². The largest absolute Gasteiger partial charge is 0.355 e. The fourth-order valence-corrected chi connectivity index (χ4v) is 1.52. The van der Waals surface area contributed by atoms with Gasteiger partial charge in [-0.3, -0.25) is 4.68 Å². The molecule has 2 heterocycles. The van der Waals surface area contributed by atoms with Gasteiger partial charge in [-0.05, 0) is 12.8 Å². The number of nitrogens with zero attached hydrogens (tertiary/aromatic N) is 3. The van der Waals surface area contributed by atoms with Crippen molar-refractivity contribution in [2.24, 2.45) is 7.05 Å². The van der Waals surface area contributed by atoms with Crippen LogP contribution in [-0.4, -0.2) is 22.9 Å². The van der Waals surface area contributed by atoms with Crippen LogP contribution in [0, 0.1) is 0 Å². The van der Waals surface area contributed by atoms with Gasteiger partial charge in [-0.15, -0.1) is 0 Å². The second-order valence-electron chi connectivity index (χ2n) is 3.04. The third-order valence-electron chi connectivity index (χ3n) is 2.13. The second-order valence-corrected chi connectivity index (χ2v) is 3.04. The lowest BCUT2D eigenvalue weighted by Gasteiger charge is -2.12. The maximum atomic E-state index is 4.34. The Balaban J connectivity index is 0.000000396. The molecule has 0 aliphatic carbocycles. The van der Waals surface area contributed by atoms with E-state index in [2.05, 4.69) is 16.1 Å². The third kappa shape index (κ3) is 2.47. The number of aromatic nitrogens is 2. The number of hydrogen-bond acceptors (Lipinski definition) is 2. The minimum Gasteiger partial charge on any atom is -0.355 e. The van der Waals surface area contributed by atoms with Crippen LogP contribution in [0.15, 0.2) is 12.3 Å². The van der Waals surface area contributed by atoms with E-state index in [0.717, 1.165) is 5.82 Å². The van der Waals surface area contributed by atoms with Crippen molar-refractivity contribution in [3.05, 3.63) is 12.3 Å². The SMILES string of the molecule is CC.Cn1ccc(N2CCCC2)n1. The van der Waals surface area contributed by atoms with E-state index in [1.807, 2.05) is 31.8 Å². The van der Waals surface area contributed by atoms with Crippen LogP contribution in [-0.2, 0) is 7.05 Å². The molecule has 1 aliphatic heterocycles. The van der Waals surface area contributed by atoms with Crippen LogP contribution in [0.25, 0.3) is 0 Å². The fraction of sp³-hybridized carbons (Fsp3) is 0.700. The highest BCUT2D eigenvalue weighted by atomic mass is 15.3. The van der Waals surface area contributed by atoms with E-state index in [4.69, 9.17) is 0 Å². The van der Waals surface area contributed by atoms with E-state index < -0.39 is 0 Å². The molecule has 1 aromatic heterocycles. The number of anilines is 1. The number of hydrogen-bond donors (Lipinski definition) is 0. The van der Waals surface area contributed by atoms with Crippen molar-refractivity contribution in [3.63, 3.8) is 0 Å². The zero-order valence-corrected chi connectivity index (χ0v) is 8.82. The molecule has 0 aromatic carbocycles. The van der Waals surface area contributed by atoms with E-state index in [0.29, 0.717) is 0 Å². The molecule has 1 fully saturated rings. The minimum atomic E-state index is 1.13. The summed E-state index contributed by atoms with van der Waals surface area (Å²) in [7, 11) is 1.96. The van der Waals surface area contributed by atoms with Crippen LogP contribution in [0.1, 0.15) is 26.7 Å². The Bertz CT molecular complexity index is 236. The van der Waals surface area contributed by atoms with Gasteiger partial charge in [0, 0.05) is 32.4 Å². The summed E-state index contributed by atoms with van der Waals surface area (Å²) in [6.07, 6.45) is 4.63. The number of aryl methyl sites for hydroxylation is 1. The Morgan fingerprint density at radius 3 is 2.31 bits per heavy atom. The molecule has 0 bridgehead atoms. The normalized spacial score (nSPS) is 15.5. The van der Waals surface area contributed by atoms with E-state index in [-0.39, 0.29) is 0 Å². The standard InChI is InChI=1S/C8H13N3.C2H6/c1-10-7-4-8(9-10)11-5-2-3-6-11;1-2/h4,7H,2-3,5-6H2,1H3;1-2H3. The van der Waals surface area contributed by atoms with Gasteiger partial charge in [0.1, 0.15) is 0 Å². The van der Waals surface area contributed by atoms with Gasteiger partial charge in [-0.1, -0.05) is 13.8 Å². The molecule has 0 unspecified atom stereocenters. The quantitative estimate of drug-likeness (QED) is 0.661. The van der Waals surface area contributed by atoms with Crippen LogP contribution in [0.4, 0.5) is 5.82 Å². The van der Waals surface area contributed by atoms with E-state index in [1.54, 1.807) is 0 Å². The van der Waals surface area contributed by atoms with E-state index in [9.17, 15) is 0 Å². The lowest BCUT2D eigenvalue weighted by Crippen LogP contribution is -2.18. The van der Waals surface area contributed by atoms with Gasteiger partial charge in [0.25, 0.3) is 0 Å². The summed E-state index contributed by atoms with van der Waals surface area (Å²) < 4.78 is 1.85. The zero-order chi connectivity index (χ0) is 9.68. The minimum absolute atomic E-state index is 1.13. The maximum Gasteiger partial charge on any atom is 0.150 e. The van der Waals surface area contributed by atoms with Crippen molar-refractivity contribution in [2.45, 2.75) is 26.7 Å². The first-order chi connectivity index (χ1) is 6.36. The van der Waals surface area contributed by atoms with Crippen molar-refractivity contribution >= 4 is 5.82 Å². The van der Waals surface area contributed by atoms with Crippen molar-refractivity contribution in [1.82, 2.24) is 9.78 Å². The Kier molecular flexibility index (Phi) is 3.80. The predicted octanol–water partition coefficient (Wildman–Crippen LogP) is 2.05. The Morgan fingerprint density at radius 1 is 1.23 bits per heavy atom. The van der Waals surface area contributed by atoms with Gasteiger partial charge < -0.3 is 4.90 Å². The van der Waals surface area contributed by atoms with Crippen LogP contribution in [0.3, 0.4) is 0 Å². The Labute approximate surface area is 80.4 Å². The summed E-state index contributed by atoms with van der Waals surface area (Å²) in [5.74, 6) is 1.13. The van der Waals surface area contributed by atoms with Crippen molar-refractivity contribution in [1.29, 1.82) is 0 Å². The van der Waals surface area contributed by atoms with Gasteiger partial charge in [-0.2, -0.15) is 5.10 Å². The van der Waals surface area contributed by atoms with E-state index >= 15 is 0 Å². The van der Waals surface area contributed by atoms with Crippen molar-refractivity contribution in [3.8, 4) is 0 Å². The summed E-state index contributed by atoms with van der Waals surface area (Å²) >= 11 is 0. The van der Waals surface area contributed by atoms with Crippen molar-refractivity contribution in [2.75, 3.05) is 18.0 Å². The summed E-state index contributed by atoms with van der Waals surface area (Å²) in [5.41, 5.74) is 0. The molecule has 0 amide bonds. The summed E-state index contributed by atoms with van der Waals surface area (Å²) in [4.78, 5) is 2.33. The molecular weight excluding hydrogens is 162 g/mol. The van der Waals surface area contributed by atoms with Gasteiger partial charge >= 0.3 is 0 Å². The molecule has 0 N–H and O–H groups in total. The highest BCUT2D eigenvalue weighted by Gasteiger charge is 2.13. The van der Waals surface area contributed by atoms with Gasteiger partial charge in [0.05, 0.1) is 0 Å². The monoisotopic (exact) mass is 181 g/mol. The molecule has 0 saturated carbocycles. The van der Waals surface area contributed by atoms with Crippen molar-refractivity contribution < 1.29 is 0 Å². The zero-order valence-electron chi connectivity index (χ0n) is 8.82. The molecule has 3 heteroatoms. The maximum absolute atomic E-state index is 4.34. The van der Waals surface area contributed by atoms with Crippen LogP contribution < -0.4 is 4.90 Å². The molecule has 0 spiro atoms. The molecule has 13 heavy (non-hydrogen) atoms. The molecule has 2 rings (SSSR count). The first kappa shape index (κ1) is 10.1. The highest BCUT2D eigenvalue weighted by molar-refractivity contribution is 5.37. The molecule has 1 aromatic rings. The van der Waals surface area contributed by atoms with Crippen LogP contribution >= 0.6 is 0 Å². The predicted molar refractivity (Wildman–Crippen MR) is 56.0 cm³/mol. The van der Waals surface area contributed by atoms with Crippen LogP contribution in [0.2, 0.25) is 0 Å². The second kappa shape index (κ2) is 4.90. The molecule has 1 aliphatic rings. The first-order valence-electron chi connectivity index (χ1n) is 5.11. The third-order valence-corrected chi connectivity index (χ3v) is 2.13. The van der Waals surface area contributed by atoms with Gasteiger partial charge in [-0.25, -0.2) is 0 Å². The smallest absolute Gasteiger partial charge is 0.150 e.